The molecule has 0 aliphatic carbocycles. The first-order valence-corrected chi connectivity index (χ1v) is 10.1. The number of benzene rings is 2. The fourth-order valence-corrected chi connectivity index (χ4v) is 4.37. The van der Waals surface area contributed by atoms with Crippen molar-refractivity contribution in [3.8, 4) is 11.3 Å². The summed E-state index contributed by atoms with van der Waals surface area (Å²) >= 11 is 10.9. The molecule has 0 aliphatic rings. The summed E-state index contributed by atoms with van der Waals surface area (Å²) in [6.45, 7) is 0. The SMILES string of the molecule is O=c1/c(=C/c2ccc(-c3ccc(Br)c(Cl)c3)o2)sc2nc3ccccc3n12. The molecule has 0 saturated carbocycles. The standard InChI is InChI=1S/C20H10BrClN2O2S/c21-13-7-5-11(9-14(13)22)17-8-6-12(26-17)10-18-19(25)24-16-4-2-1-3-15(16)23-20(24)27-18/h1-10H/b18-10-. The molecule has 0 unspecified atom stereocenters. The molecule has 0 spiro atoms. The number of imidazole rings is 1. The molecule has 2 aromatic carbocycles. The van der Waals surface area contributed by atoms with E-state index in [1.54, 1.807) is 10.5 Å². The van der Waals surface area contributed by atoms with Crippen molar-refractivity contribution >= 4 is 60.9 Å². The minimum atomic E-state index is -0.0895. The van der Waals surface area contributed by atoms with Crippen molar-refractivity contribution in [3.05, 3.63) is 84.7 Å². The summed E-state index contributed by atoms with van der Waals surface area (Å²) in [6, 6.07) is 16.9. The summed E-state index contributed by atoms with van der Waals surface area (Å²) in [5.74, 6) is 1.30. The molecule has 7 heteroatoms. The molecule has 3 heterocycles. The molecule has 5 rings (SSSR count). The van der Waals surface area contributed by atoms with Crippen LogP contribution in [0.5, 0.6) is 0 Å². The van der Waals surface area contributed by atoms with Crippen molar-refractivity contribution in [1.82, 2.24) is 9.38 Å². The number of nitrogens with zero attached hydrogens (tertiary/aromatic N) is 2. The number of rotatable bonds is 2. The Morgan fingerprint density at radius 1 is 1.15 bits per heavy atom. The Morgan fingerprint density at radius 2 is 2.00 bits per heavy atom. The Morgan fingerprint density at radius 3 is 2.85 bits per heavy atom. The summed E-state index contributed by atoms with van der Waals surface area (Å²) in [5.41, 5.74) is 2.42. The van der Waals surface area contributed by atoms with Crippen LogP contribution in [0.4, 0.5) is 0 Å². The fourth-order valence-electron chi connectivity index (χ4n) is 2.98. The van der Waals surface area contributed by atoms with E-state index in [1.807, 2.05) is 54.6 Å². The molecule has 0 amide bonds. The van der Waals surface area contributed by atoms with Crippen molar-refractivity contribution in [3.63, 3.8) is 0 Å². The van der Waals surface area contributed by atoms with Crippen LogP contribution >= 0.6 is 38.9 Å². The summed E-state index contributed by atoms with van der Waals surface area (Å²) in [7, 11) is 0. The van der Waals surface area contributed by atoms with E-state index in [0.717, 1.165) is 21.1 Å². The smallest absolute Gasteiger partial charge is 0.275 e. The van der Waals surface area contributed by atoms with Gasteiger partial charge in [0.25, 0.3) is 5.56 Å². The number of thiazole rings is 1. The van der Waals surface area contributed by atoms with Crippen LogP contribution in [0.15, 0.2) is 68.3 Å². The third-order valence-corrected chi connectivity index (χ3v) is 6.45. The lowest BCUT2D eigenvalue weighted by Crippen LogP contribution is -2.22. The van der Waals surface area contributed by atoms with Crippen molar-refractivity contribution in [2.75, 3.05) is 0 Å². The molecule has 132 valence electrons. The number of fused-ring (bicyclic) bond motifs is 3. The quantitative estimate of drug-likeness (QED) is 0.369. The Kier molecular flexibility index (Phi) is 3.93. The van der Waals surface area contributed by atoms with Gasteiger partial charge in [-0.05, 0) is 52.3 Å². The van der Waals surface area contributed by atoms with Gasteiger partial charge < -0.3 is 4.42 Å². The molecule has 27 heavy (non-hydrogen) atoms. The van der Waals surface area contributed by atoms with Gasteiger partial charge in [0, 0.05) is 16.1 Å². The van der Waals surface area contributed by atoms with Crippen LogP contribution in [-0.4, -0.2) is 9.38 Å². The Balaban J connectivity index is 1.61. The van der Waals surface area contributed by atoms with Crippen LogP contribution < -0.4 is 10.1 Å². The minimum absolute atomic E-state index is 0.0895. The van der Waals surface area contributed by atoms with Gasteiger partial charge in [0.15, 0.2) is 4.96 Å². The number of para-hydroxylation sites is 2. The van der Waals surface area contributed by atoms with Gasteiger partial charge in [-0.3, -0.25) is 4.79 Å². The van der Waals surface area contributed by atoms with Gasteiger partial charge in [-0.2, -0.15) is 0 Å². The zero-order valence-corrected chi connectivity index (χ0v) is 16.8. The summed E-state index contributed by atoms with van der Waals surface area (Å²) in [4.78, 5) is 18.0. The summed E-state index contributed by atoms with van der Waals surface area (Å²) < 4.78 is 8.95. The number of aromatic nitrogens is 2. The first kappa shape index (κ1) is 16.7. The molecule has 0 saturated heterocycles. The lowest BCUT2D eigenvalue weighted by Gasteiger charge is -1.99. The van der Waals surface area contributed by atoms with Crippen LogP contribution in [-0.2, 0) is 0 Å². The van der Waals surface area contributed by atoms with E-state index in [-0.39, 0.29) is 5.56 Å². The molecule has 0 fully saturated rings. The molecule has 0 radical (unpaired) electrons. The maximum Gasteiger partial charge on any atom is 0.275 e. The van der Waals surface area contributed by atoms with E-state index < -0.39 is 0 Å². The summed E-state index contributed by atoms with van der Waals surface area (Å²) in [6.07, 6.45) is 1.75. The van der Waals surface area contributed by atoms with Crippen molar-refractivity contribution < 1.29 is 4.42 Å². The average molecular weight is 458 g/mol. The second-order valence-electron chi connectivity index (χ2n) is 5.97. The number of furan rings is 1. The highest BCUT2D eigenvalue weighted by molar-refractivity contribution is 9.10. The third-order valence-electron chi connectivity index (χ3n) is 4.25. The van der Waals surface area contributed by atoms with Gasteiger partial charge in [-0.1, -0.05) is 41.1 Å². The van der Waals surface area contributed by atoms with Crippen molar-refractivity contribution in [1.29, 1.82) is 0 Å². The van der Waals surface area contributed by atoms with Gasteiger partial charge in [0.05, 0.1) is 16.1 Å². The Labute approximate surface area is 170 Å². The van der Waals surface area contributed by atoms with Crippen LogP contribution in [0.25, 0.3) is 33.4 Å². The zero-order chi connectivity index (χ0) is 18.5. The largest absolute Gasteiger partial charge is 0.457 e. The molecular weight excluding hydrogens is 448 g/mol. The highest BCUT2D eigenvalue weighted by Crippen LogP contribution is 2.30. The van der Waals surface area contributed by atoms with E-state index >= 15 is 0 Å². The number of halogens is 2. The maximum absolute atomic E-state index is 12.8. The van der Waals surface area contributed by atoms with Crippen LogP contribution in [0.2, 0.25) is 5.02 Å². The van der Waals surface area contributed by atoms with Crippen LogP contribution in [0.3, 0.4) is 0 Å². The average Bonchev–Trinajstić information content (AvgIpc) is 3.34. The lowest BCUT2D eigenvalue weighted by atomic mass is 10.2. The van der Waals surface area contributed by atoms with Gasteiger partial charge in [-0.15, -0.1) is 0 Å². The topological polar surface area (TPSA) is 47.5 Å². The second-order valence-corrected chi connectivity index (χ2v) is 8.24. The molecule has 4 nitrogen and oxygen atoms in total. The lowest BCUT2D eigenvalue weighted by molar-refractivity contribution is 0.571. The van der Waals surface area contributed by atoms with E-state index in [1.165, 1.54) is 11.3 Å². The first-order chi connectivity index (χ1) is 13.1. The van der Waals surface area contributed by atoms with Gasteiger partial charge >= 0.3 is 0 Å². The molecule has 0 N–H and O–H groups in total. The van der Waals surface area contributed by atoms with Gasteiger partial charge in [-0.25, -0.2) is 9.38 Å². The maximum atomic E-state index is 12.8. The molecule has 5 aromatic rings. The van der Waals surface area contributed by atoms with Crippen LogP contribution in [0.1, 0.15) is 5.76 Å². The summed E-state index contributed by atoms with van der Waals surface area (Å²) in [5, 5.41) is 0.614. The van der Waals surface area contributed by atoms with Crippen molar-refractivity contribution in [2.45, 2.75) is 0 Å². The predicted molar refractivity (Wildman–Crippen MR) is 112 cm³/mol. The Hall–Kier alpha value is -2.41. The first-order valence-electron chi connectivity index (χ1n) is 8.07. The second kappa shape index (κ2) is 6.34. The molecule has 3 aromatic heterocycles. The van der Waals surface area contributed by atoms with E-state index in [2.05, 4.69) is 20.9 Å². The molecule has 0 bridgehead atoms. The van der Waals surface area contributed by atoms with Gasteiger partial charge in [0.2, 0.25) is 0 Å². The monoisotopic (exact) mass is 456 g/mol. The predicted octanol–water partition coefficient (Wildman–Crippen LogP) is 5.13. The van der Waals surface area contributed by atoms with E-state index in [4.69, 9.17) is 16.0 Å². The fraction of sp³-hybridized carbons (Fsp3) is 0. The molecule has 0 aliphatic heterocycles. The highest BCUT2D eigenvalue weighted by atomic mass is 79.9. The van der Waals surface area contributed by atoms with E-state index in [9.17, 15) is 4.79 Å². The Bertz CT molecular complexity index is 1430. The molecule has 0 atom stereocenters. The zero-order valence-electron chi connectivity index (χ0n) is 13.6. The minimum Gasteiger partial charge on any atom is -0.457 e. The molecular formula is C20H10BrClN2O2S. The highest BCUT2D eigenvalue weighted by Gasteiger charge is 2.11. The van der Waals surface area contributed by atoms with Gasteiger partial charge in [0.1, 0.15) is 16.1 Å². The van der Waals surface area contributed by atoms with Crippen molar-refractivity contribution in [2.24, 2.45) is 0 Å². The third kappa shape index (κ3) is 2.81. The number of hydrogen-bond acceptors (Lipinski definition) is 4. The van der Waals surface area contributed by atoms with E-state index in [0.29, 0.717) is 26.0 Å². The number of hydrogen-bond donors (Lipinski definition) is 0. The van der Waals surface area contributed by atoms with Crippen LogP contribution in [0, 0.1) is 0 Å². The normalized spacial score (nSPS) is 12.4.